The van der Waals surface area contributed by atoms with Crippen molar-refractivity contribution in [2.75, 3.05) is 33.4 Å². The van der Waals surface area contributed by atoms with Gasteiger partial charge in [0.25, 0.3) is 0 Å². The first kappa shape index (κ1) is 16.8. The smallest absolute Gasteiger partial charge is 0.244 e. The molecule has 1 fully saturated rings. The molecule has 0 atom stereocenters. The van der Waals surface area contributed by atoms with Gasteiger partial charge in [-0.1, -0.05) is 0 Å². The van der Waals surface area contributed by atoms with Crippen LogP contribution in [-0.2, 0) is 22.6 Å². The van der Waals surface area contributed by atoms with Crippen LogP contribution in [0.2, 0.25) is 0 Å². The van der Waals surface area contributed by atoms with E-state index < -0.39 is 0 Å². The fourth-order valence-corrected chi connectivity index (χ4v) is 2.68. The number of rotatable bonds is 8. The molecule has 1 amide bonds. The Kier molecular flexibility index (Phi) is 6.26. The molecule has 1 aliphatic heterocycles. The third kappa shape index (κ3) is 4.48. The highest BCUT2D eigenvalue weighted by atomic mass is 16.5. The molecule has 0 aromatic carbocycles. The van der Waals surface area contributed by atoms with Crippen molar-refractivity contribution >= 4 is 5.91 Å². The Morgan fingerprint density at radius 1 is 1.36 bits per heavy atom. The Balaban J connectivity index is 1.96. The molecular weight excluding hydrogens is 284 g/mol. The topological polar surface area (TPSA) is 76.4 Å². The number of tetrazole rings is 1. The molecule has 0 bridgehead atoms. The van der Waals surface area contributed by atoms with Crippen molar-refractivity contribution in [1.29, 1.82) is 0 Å². The Hall–Kier alpha value is -1.54. The van der Waals surface area contributed by atoms with E-state index in [-0.39, 0.29) is 18.5 Å². The van der Waals surface area contributed by atoms with Gasteiger partial charge in [-0.25, -0.2) is 4.68 Å². The van der Waals surface area contributed by atoms with E-state index >= 15 is 0 Å². The van der Waals surface area contributed by atoms with Crippen LogP contribution in [0, 0.1) is 0 Å². The van der Waals surface area contributed by atoms with E-state index in [2.05, 4.69) is 20.4 Å². The van der Waals surface area contributed by atoms with Gasteiger partial charge in [0, 0.05) is 19.7 Å². The zero-order chi connectivity index (χ0) is 15.9. The van der Waals surface area contributed by atoms with Gasteiger partial charge in [-0.3, -0.25) is 9.69 Å². The van der Waals surface area contributed by atoms with Crippen LogP contribution in [0.15, 0.2) is 0 Å². The van der Waals surface area contributed by atoms with Gasteiger partial charge >= 0.3 is 0 Å². The summed E-state index contributed by atoms with van der Waals surface area (Å²) in [6, 6.07) is 0.126. The fourth-order valence-electron chi connectivity index (χ4n) is 2.68. The van der Waals surface area contributed by atoms with Gasteiger partial charge in [-0.2, -0.15) is 0 Å². The van der Waals surface area contributed by atoms with Crippen LogP contribution < -0.4 is 0 Å². The molecule has 124 valence electrons. The zero-order valence-corrected chi connectivity index (χ0v) is 13.7. The van der Waals surface area contributed by atoms with Crippen LogP contribution in [0.4, 0.5) is 0 Å². The maximum absolute atomic E-state index is 12.5. The number of hydrogen-bond acceptors (Lipinski definition) is 6. The second-order valence-corrected chi connectivity index (χ2v) is 5.91. The SMILES string of the molecule is COCCN(C(=O)Cn1nnnc1CN1CCCC1)C(C)C. The number of aromatic nitrogens is 4. The van der Waals surface area contributed by atoms with E-state index in [9.17, 15) is 4.79 Å². The maximum atomic E-state index is 12.5. The summed E-state index contributed by atoms with van der Waals surface area (Å²) in [4.78, 5) is 16.6. The van der Waals surface area contributed by atoms with Crippen LogP contribution >= 0.6 is 0 Å². The summed E-state index contributed by atoms with van der Waals surface area (Å²) in [6.07, 6.45) is 2.44. The van der Waals surface area contributed by atoms with Gasteiger partial charge in [0.15, 0.2) is 5.82 Å². The molecule has 8 heteroatoms. The molecule has 1 aromatic heterocycles. The summed E-state index contributed by atoms with van der Waals surface area (Å²) < 4.78 is 6.69. The van der Waals surface area contributed by atoms with E-state index in [1.54, 1.807) is 16.7 Å². The molecule has 2 heterocycles. The van der Waals surface area contributed by atoms with Crippen molar-refractivity contribution in [3.05, 3.63) is 5.82 Å². The Morgan fingerprint density at radius 3 is 2.73 bits per heavy atom. The third-order valence-corrected chi connectivity index (χ3v) is 3.93. The molecule has 0 saturated carbocycles. The first-order valence-electron chi connectivity index (χ1n) is 7.87. The molecule has 0 radical (unpaired) electrons. The normalized spacial score (nSPS) is 15.6. The summed E-state index contributed by atoms with van der Waals surface area (Å²) in [5, 5.41) is 11.8. The van der Waals surface area contributed by atoms with Gasteiger partial charge in [-0.05, 0) is 50.2 Å². The predicted molar refractivity (Wildman–Crippen MR) is 81.1 cm³/mol. The number of likely N-dealkylation sites (tertiary alicyclic amines) is 1. The van der Waals surface area contributed by atoms with Gasteiger partial charge in [-0.15, -0.1) is 5.10 Å². The molecule has 1 aromatic rings. The summed E-state index contributed by atoms with van der Waals surface area (Å²) in [5.74, 6) is 0.771. The molecule has 0 aliphatic carbocycles. The second kappa shape index (κ2) is 8.19. The number of carbonyl (C=O) groups excluding carboxylic acids is 1. The average Bonchev–Trinajstić information content (AvgIpc) is 3.12. The lowest BCUT2D eigenvalue weighted by atomic mass is 10.3. The molecule has 22 heavy (non-hydrogen) atoms. The Morgan fingerprint density at radius 2 is 2.09 bits per heavy atom. The Labute approximate surface area is 131 Å². The first-order chi connectivity index (χ1) is 10.6. The van der Waals surface area contributed by atoms with Crippen molar-refractivity contribution in [3.8, 4) is 0 Å². The van der Waals surface area contributed by atoms with E-state index in [0.29, 0.717) is 19.7 Å². The monoisotopic (exact) mass is 310 g/mol. The van der Waals surface area contributed by atoms with Crippen LogP contribution in [0.25, 0.3) is 0 Å². The number of nitrogens with zero attached hydrogens (tertiary/aromatic N) is 6. The van der Waals surface area contributed by atoms with E-state index in [4.69, 9.17) is 4.74 Å². The third-order valence-electron chi connectivity index (χ3n) is 3.93. The number of ether oxygens (including phenoxy) is 1. The van der Waals surface area contributed by atoms with E-state index in [1.165, 1.54) is 12.8 Å². The summed E-state index contributed by atoms with van der Waals surface area (Å²) in [7, 11) is 1.64. The van der Waals surface area contributed by atoms with Gasteiger partial charge in [0.1, 0.15) is 6.54 Å². The van der Waals surface area contributed by atoms with Crippen molar-refractivity contribution in [2.45, 2.75) is 45.8 Å². The minimum atomic E-state index is 0.0158. The van der Waals surface area contributed by atoms with Crippen LogP contribution in [0.1, 0.15) is 32.5 Å². The Bertz CT molecular complexity index is 470. The van der Waals surface area contributed by atoms with Crippen LogP contribution in [0.5, 0.6) is 0 Å². The highest BCUT2D eigenvalue weighted by Gasteiger charge is 2.21. The van der Waals surface area contributed by atoms with E-state index in [1.807, 2.05) is 13.8 Å². The molecule has 8 nitrogen and oxygen atoms in total. The molecular formula is C14H26N6O2. The van der Waals surface area contributed by atoms with E-state index in [0.717, 1.165) is 18.9 Å². The van der Waals surface area contributed by atoms with Gasteiger partial charge in [0.2, 0.25) is 5.91 Å². The summed E-state index contributed by atoms with van der Waals surface area (Å²) in [5.41, 5.74) is 0. The number of carbonyl (C=O) groups is 1. The first-order valence-corrected chi connectivity index (χ1v) is 7.87. The molecule has 2 rings (SSSR count). The summed E-state index contributed by atoms with van der Waals surface area (Å²) in [6.45, 7) is 8.14. The van der Waals surface area contributed by atoms with Crippen molar-refractivity contribution in [3.63, 3.8) is 0 Å². The van der Waals surface area contributed by atoms with Crippen LogP contribution in [-0.4, -0.2) is 75.3 Å². The average molecular weight is 310 g/mol. The van der Waals surface area contributed by atoms with Gasteiger partial charge < -0.3 is 9.64 Å². The molecule has 0 N–H and O–H groups in total. The lowest BCUT2D eigenvalue weighted by Crippen LogP contribution is -2.41. The van der Waals surface area contributed by atoms with Gasteiger partial charge in [0.05, 0.1) is 13.2 Å². The lowest BCUT2D eigenvalue weighted by molar-refractivity contribution is -0.134. The number of hydrogen-bond donors (Lipinski definition) is 0. The minimum Gasteiger partial charge on any atom is -0.383 e. The second-order valence-electron chi connectivity index (χ2n) is 5.91. The quantitative estimate of drug-likeness (QED) is 0.680. The highest BCUT2D eigenvalue weighted by molar-refractivity contribution is 5.76. The fraction of sp³-hybridized carbons (Fsp3) is 0.857. The van der Waals surface area contributed by atoms with Crippen molar-refractivity contribution in [2.24, 2.45) is 0 Å². The van der Waals surface area contributed by atoms with Crippen molar-refractivity contribution in [1.82, 2.24) is 30.0 Å². The molecule has 0 spiro atoms. The maximum Gasteiger partial charge on any atom is 0.244 e. The summed E-state index contributed by atoms with van der Waals surface area (Å²) >= 11 is 0. The largest absolute Gasteiger partial charge is 0.383 e. The zero-order valence-electron chi connectivity index (χ0n) is 13.7. The molecule has 1 aliphatic rings. The highest BCUT2D eigenvalue weighted by Crippen LogP contribution is 2.11. The molecule has 0 unspecified atom stereocenters. The standard InChI is InChI=1S/C14H26N6O2/c1-12(2)19(8-9-22-3)14(21)11-20-13(15-16-17-20)10-18-6-4-5-7-18/h12H,4-11H2,1-3H3. The lowest BCUT2D eigenvalue weighted by Gasteiger charge is -2.26. The minimum absolute atomic E-state index is 0.0158. The molecule has 1 saturated heterocycles. The number of methoxy groups -OCH3 is 1. The van der Waals surface area contributed by atoms with Crippen LogP contribution in [0.3, 0.4) is 0 Å². The predicted octanol–water partition coefficient (Wildman–Crippen LogP) is 0.152. The number of amides is 1. The van der Waals surface area contributed by atoms with Crippen molar-refractivity contribution < 1.29 is 9.53 Å².